The van der Waals surface area contributed by atoms with Crippen molar-refractivity contribution in [3.63, 3.8) is 0 Å². The number of carboxylic acid groups (broad SMARTS) is 1. The summed E-state index contributed by atoms with van der Waals surface area (Å²) in [6, 6.07) is 16.8. The van der Waals surface area contributed by atoms with Crippen molar-refractivity contribution in [3.05, 3.63) is 66.2 Å². The van der Waals surface area contributed by atoms with Crippen LogP contribution in [0.15, 0.2) is 65.6 Å². The zero-order valence-corrected chi connectivity index (χ0v) is 13.1. The smallest absolute Gasteiger partial charge is 0.312 e. The lowest BCUT2D eigenvalue weighted by Crippen LogP contribution is -2.31. The van der Waals surface area contributed by atoms with E-state index in [-0.39, 0.29) is 11.4 Å². The molecule has 2 aromatic carbocycles. The Morgan fingerprint density at radius 3 is 2.04 bits per heavy atom. The highest BCUT2D eigenvalue weighted by molar-refractivity contribution is 7.92. The fraction of sp³-hybridized carbons (Fsp3) is 0.235. The lowest BCUT2D eigenvalue weighted by atomic mass is 9.99. The fourth-order valence-electron chi connectivity index (χ4n) is 3.34. The van der Waals surface area contributed by atoms with Crippen LogP contribution in [0.3, 0.4) is 0 Å². The number of rotatable bonds is 5. The van der Waals surface area contributed by atoms with Crippen molar-refractivity contribution in [3.8, 4) is 0 Å². The van der Waals surface area contributed by atoms with Gasteiger partial charge in [-0.2, -0.15) is 0 Å². The summed E-state index contributed by atoms with van der Waals surface area (Å²) in [5.74, 6) is -1.81. The molecule has 1 aliphatic carbocycles. The third-order valence-corrected chi connectivity index (χ3v) is 6.85. The Balaban J connectivity index is 2.12. The average molecular weight is 331 g/mol. The molecule has 2 aromatic rings. The standard InChI is InChI=1S/C17H17NO4S/c18-11-17(16(19)20)14(12-7-3-1-4-8-12)15(17)23(21,22)13-9-5-2-6-10-13/h1-10,14-15H,11,18H2,(H,19,20)/t14-,15+,17+/m1/s1. The van der Waals surface area contributed by atoms with Gasteiger partial charge < -0.3 is 10.8 Å². The first-order valence-electron chi connectivity index (χ1n) is 7.23. The molecule has 1 saturated carbocycles. The number of aliphatic carboxylic acids is 1. The van der Waals surface area contributed by atoms with Crippen molar-refractivity contribution in [1.82, 2.24) is 0 Å². The molecule has 0 unspecified atom stereocenters. The van der Waals surface area contributed by atoms with Gasteiger partial charge in [0.25, 0.3) is 0 Å². The van der Waals surface area contributed by atoms with Gasteiger partial charge in [-0.3, -0.25) is 4.79 Å². The fourth-order valence-corrected chi connectivity index (χ4v) is 5.74. The van der Waals surface area contributed by atoms with Crippen LogP contribution in [0, 0.1) is 5.41 Å². The maximum Gasteiger partial charge on any atom is 0.312 e. The highest BCUT2D eigenvalue weighted by atomic mass is 32.2. The first kappa shape index (κ1) is 15.7. The summed E-state index contributed by atoms with van der Waals surface area (Å²) in [6.45, 7) is -0.224. The minimum Gasteiger partial charge on any atom is -0.481 e. The zero-order valence-electron chi connectivity index (χ0n) is 12.3. The van der Waals surface area contributed by atoms with E-state index < -0.39 is 32.4 Å². The monoisotopic (exact) mass is 331 g/mol. The van der Waals surface area contributed by atoms with Crippen molar-refractivity contribution in [2.24, 2.45) is 11.1 Å². The van der Waals surface area contributed by atoms with E-state index in [2.05, 4.69) is 0 Å². The molecule has 0 aromatic heterocycles. The Morgan fingerprint density at radius 2 is 1.57 bits per heavy atom. The summed E-state index contributed by atoms with van der Waals surface area (Å²) in [4.78, 5) is 12.0. The summed E-state index contributed by atoms with van der Waals surface area (Å²) in [7, 11) is -3.79. The lowest BCUT2D eigenvalue weighted by molar-refractivity contribution is -0.143. The van der Waals surface area contributed by atoms with Crippen LogP contribution >= 0.6 is 0 Å². The van der Waals surface area contributed by atoms with E-state index in [1.54, 1.807) is 48.5 Å². The van der Waals surface area contributed by atoms with E-state index in [1.807, 2.05) is 0 Å². The van der Waals surface area contributed by atoms with E-state index >= 15 is 0 Å². The SMILES string of the molecule is NC[C@]1(C(=O)O)[C@H](c2ccccc2)[C@@H]1S(=O)(=O)c1ccccc1. The molecule has 1 fully saturated rings. The predicted octanol–water partition coefficient (Wildman–Crippen LogP) is 1.66. The van der Waals surface area contributed by atoms with Crippen LogP contribution in [0.5, 0.6) is 0 Å². The molecule has 0 saturated heterocycles. The second-order valence-corrected chi connectivity index (χ2v) is 7.79. The van der Waals surface area contributed by atoms with E-state index in [0.29, 0.717) is 5.56 Å². The first-order chi connectivity index (χ1) is 11.0. The molecule has 3 N–H and O–H groups in total. The quantitative estimate of drug-likeness (QED) is 0.868. The van der Waals surface area contributed by atoms with Crippen LogP contribution in [-0.2, 0) is 14.6 Å². The van der Waals surface area contributed by atoms with Gasteiger partial charge >= 0.3 is 5.97 Å². The number of benzene rings is 2. The van der Waals surface area contributed by atoms with Gasteiger partial charge in [-0.05, 0) is 17.7 Å². The van der Waals surface area contributed by atoms with Gasteiger partial charge in [0, 0.05) is 12.5 Å². The maximum absolute atomic E-state index is 12.9. The van der Waals surface area contributed by atoms with Gasteiger partial charge in [-0.15, -0.1) is 0 Å². The minimum atomic E-state index is -3.79. The molecule has 6 heteroatoms. The van der Waals surface area contributed by atoms with Crippen LogP contribution in [0.2, 0.25) is 0 Å². The second kappa shape index (κ2) is 5.47. The van der Waals surface area contributed by atoms with Crippen molar-refractivity contribution in [2.75, 3.05) is 6.54 Å². The minimum absolute atomic E-state index is 0.127. The largest absolute Gasteiger partial charge is 0.481 e. The van der Waals surface area contributed by atoms with Crippen LogP contribution in [0.4, 0.5) is 0 Å². The summed E-state index contributed by atoms with van der Waals surface area (Å²) in [6.07, 6.45) is 0. The van der Waals surface area contributed by atoms with Gasteiger partial charge in [-0.1, -0.05) is 48.5 Å². The summed E-state index contributed by atoms with van der Waals surface area (Å²) in [5.41, 5.74) is 4.93. The third kappa shape index (κ3) is 2.26. The molecule has 0 heterocycles. The maximum atomic E-state index is 12.9. The van der Waals surface area contributed by atoms with E-state index in [4.69, 9.17) is 5.73 Å². The molecule has 1 aliphatic rings. The summed E-state index contributed by atoms with van der Waals surface area (Å²) >= 11 is 0. The Morgan fingerprint density at radius 1 is 1.04 bits per heavy atom. The Hall–Kier alpha value is -2.18. The normalized spacial score (nSPS) is 26.7. The number of sulfone groups is 1. The molecule has 3 rings (SSSR count). The number of nitrogens with two attached hydrogens (primary N) is 1. The molecule has 5 nitrogen and oxygen atoms in total. The number of hydrogen-bond acceptors (Lipinski definition) is 4. The van der Waals surface area contributed by atoms with Crippen molar-refractivity contribution in [1.29, 1.82) is 0 Å². The van der Waals surface area contributed by atoms with Gasteiger partial charge in [0.2, 0.25) is 0 Å². The Bertz CT molecular complexity index is 820. The topological polar surface area (TPSA) is 97.5 Å². The lowest BCUT2D eigenvalue weighted by Gasteiger charge is -2.10. The zero-order chi connectivity index (χ0) is 16.7. The molecule has 0 amide bonds. The van der Waals surface area contributed by atoms with Crippen LogP contribution in [0.25, 0.3) is 0 Å². The van der Waals surface area contributed by atoms with Crippen molar-refractivity contribution in [2.45, 2.75) is 16.1 Å². The molecule has 0 aliphatic heterocycles. The van der Waals surface area contributed by atoms with Crippen molar-refractivity contribution < 1.29 is 18.3 Å². The highest BCUT2D eigenvalue weighted by Crippen LogP contribution is 2.63. The highest BCUT2D eigenvalue weighted by Gasteiger charge is 2.75. The molecule has 120 valence electrons. The van der Waals surface area contributed by atoms with Gasteiger partial charge in [-0.25, -0.2) is 8.42 Å². The first-order valence-corrected chi connectivity index (χ1v) is 8.78. The van der Waals surface area contributed by atoms with Gasteiger partial charge in [0.15, 0.2) is 9.84 Å². The summed E-state index contributed by atoms with van der Waals surface area (Å²) < 4.78 is 25.9. The molecule has 0 spiro atoms. The third-order valence-electron chi connectivity index (χ3n) is 4.56. The Kier molecular flexibility index (Phi) is 3.74. The van der Waals surface area contributed by atoms with Gasteiger partial charge in [0.1, 0.15) is 5.41 Å². The molecule has 3 atom stereocenters. The van der Waals surface area contributed by atoms with Crippen LogP contribution in [0.1, 0.15) is 11.5 Å². The van der Waals surface area contributed by atoms with E-state index in [9.17, 15) is 18.3 Å². The van der Waals surface area contributed by atoms with Crippen LogP contribution in [-0.4, -0.2) is 31.3 Å². The molecule has 0 bridgehead atoms. The molecule has 23 heavy (non-hydrogen) atoms. The second-order valence-electron chi connectivity index (χ2n) is 5.72. The molecule has 0 radical (unpaired) electrons. The number of carboxylic acids is 1. The molecular weight excluding hydrogens is 314 g/mol. The predicted molar refractivity (Wildman–Crippen MR) is 85.7 cm³/mol. The van der Waals surface area contributed by atoms with Gasteiger partial charge in [0.05, 0.1) is 10.1 Å². The van der Waals surface area contributed by atoms with E-state index in [1.165, 1.54) is 12.1 Å². The Labute approximate surface area is 134 Å². The van der Waals surface area contributed by atoms with Crippen molar-refractivity contribution >= 4 is 15.8 Å². The van der Waals surface area contributed by atoms with E-state index in [0.717, 1.165) is 0 Å². The molecular formula is C17H17NO4S. The van der Waals surface area contributed by atoms with Crippen LogP contribution < -0.4 is 5.73 Å². The number of carbonyl (C=O) groups is 1. The average Bonchev–Trinajstić information content (AvgIpc) is 3.28. The summed E-state index contributed by atoms with van der Waals surface area (Å²) in [5, 5.41) is 8.62. The number of hydrogen-bond donors (Lipinski definition) is 2.